The van der Waals surface area contributed by atoms with Gasteiger partial charge < -0.3 is 14.2 Å². The fourth-order valence-corrected chi connectivity index (χ4v) is 3.88. The second kappa shape index (κ2) is 10.6. The molecule has 1 atom stereocenters. The molecule has 4 nitrogen and oxygen atoms in total. The van der Waals surface area contributed by atoms with Crippen LogP contribution >= 0.6 is 0 Å². The van der Waals surface area contributed by atoms with Crippen LogP contribution in [0.15, 0.2) is 66.7 Å². The Kier molecular flexibility index (Phi) is 7.87. The van der Waals surface area contributed by atoms with Crippen LogP contribution in [0.3, 0.4) is 0 Å². The average Bonchev–Trinajstić information content (AvgIpc) is 2.81. The summed E-state index contributed by atoms with van der Waals surface area (Å²) in [6.45, 7) is 3.69. The van der Waals surface area contributed by atoms with Gasteiger partial charge in [0.25, 0.3) is 0 Å². The largest absolute Gasteiger partial charge is 0.497 e. The first-order valence-electron chi connectivity index (χ1n) is 10.8. The van der Waals surface area contributed by atoms with E-state index in [9.17, 15) is 18.0 Å². The minimum Gasteiger partial charge on any atom is -0.497 e. The third kappa shape index (κ3) is 5.90. The number of esters is 1. The number of alkyl halides is 3. The summed E-state index contributed by atoms with van der Waals surface area (Å²) in [6.07, 6.45) is -4.52. The maximum Gasteiger partial charge on any atom is 0.417 e. The number of hydrogen-bond acceptors (Lipinski definition) is 4. The number of rotatable bonds is 8. The van der Waals surface area contributed by atoms with Gasteiger partial charge in [0.1, 0.15) is 17.2 Å². The molecule has 0 aromatic heterocycles. The van der Waals surface area contributed by atoms with Gasteiger partial charge >= 0.3 is 12.1 Å². The van der Waals surface area contributed by atoms with Crippen molar-refractivity contribution < 1.29 is 32.2 Å². The standard InChI is InChI=1S/C27H27F3O4/c1-17(2)14-24(26(31)33-4)23-16-21(34-20-12-10-19(32-3)11-13-20)15-22(25(23)27(28,29)30)18-8-6-5-7-9-18/h5-13,15-17,24H,14H2,1-4H3. The van der Waals surface area contributed by atoms with Crippen LogP contribution in [0.1, 0.15) is 37.3 Å². The second-order valence-corrected chi connectivity index (χ2v) is 8.28. The molecular weight excluding hydrogens is 445 g/mol. The van der Waals surface area contributed by atoms with Crippen molar-refractivity contribution in [3.8, 4) is 28.4 Å². The average molecular weight is 473 g/mol. The predicted octanol–water partition coefficient (Wildman–Crippen LogP) is 7.48. The van der Waals surface area contributed by atoms with E-state index in [2.05, 4.69) is 0 Å². The van der Waals surface area contributed by atoms with Gasteiger partial charge in [0.05, 0.1) is 25.7 Å². The summed E-state index contributed by atoms with van der Waals surface area (Å²) in [5, 5.41) is 0. The molecule has 0 bridgehead atoms. The van der Waals surface area contributed by atoms with Crippen LogP contribution in [0.25, 0.3) is 11.1 Å². The molecule has 0 amide bonds. The number of hydrogen-bond donors (Lipinski definition) is 0. The van der Waals surface area contributed by atoms with Gasteiger partial charge in [0.2, 0.25) is 0 Å². The minimum absolute atomic E-state index is 0.0449. The SMILES string of the molecule is COC(=O)C(CC(C)C)c1cc(Oc2ccc(OC)cc2)cc(-c2ccccc2)c1C(F)(F)F. The van der Waals surface area contributed by atoms with Crippen LogP contribution in [0, 0.1) is 5.92 Å². The lowest BCUT2D eigenvalue weighted by Crippen LogP contribution is -2.22. The minimum atomic E-state index is -4.71. The molecule has 3 aromatic rings. The first-order valence-corrected chi connectivity index (χ1v) is 10.8. The molecule has 34 heavy (non-hydrogen) atoms. The van der Waals surface area contributed by atoms with E-state index in [4.69, 9.17) is 14.2 Å². The summed E-state index contributed by atoms with van der Waals surface area (Å²) in [5.41, 5.74) is -0.731. The third-order valence-electron chi connectivity index (χ3n) is 5.37. The molecule has 0 heterocycles. The Balaban J connectivity index is 2.26. The van der Waals surface area contributed by atoms with Gasteiger partial charge in [-0.2, -0.15) is 13.2 Å². The molecule has 0 aliphatic carbocycles. The number of methoxy groups -OCH3 is 2. The highest BCUT2D eigenvalue weighted by Gasteiger charge is 2.40. The van der Waals surface area contributed by atoms with Crippen molar-refractivity contribution in [2.24, 2.45) is 5.92 Å². The molecule has 0 fully saturated rings. The normalized spacial score (nSPS) is 12.4. The molecule has 0 N–H and O–H groups in total. The molecule has 0 aliphatic heterocycles. The molecule has 0 aliphatic rings. The molecule has 180 valence electrons. The van der Waals surface area contributed by atoms with E-state index >= 15 is 0 Å². The fourth-order valence-electron chi connectivity index (χ4n) is 3.88. The predicted molar refractivity (Wildman–Crippen MR) is 124 cm³/mol. The highest BCUT2D eigenvalue weighted by molar-refractivity contribution is 5.82. The van der Waals surface area contributed by atoms with Gasteiger partial charge in [-0.05, 0) is 65.4 Å². The zero-order chi connectivity index (χ0) is 24.9. The van der Waals surface area contributed by atoms with Gasteiger partial charge in [0.15, 0.2) is 0 Å². The summed E-state index contributed by atoms with van der Waals surface area (Å²) in [4.78, 5) is 12.7. The van der Waals surface area contributed by atoms with E-state index in [1.54, 1.807) is 54.6 Å². The van der Waals surface area contributed by atoms with Crippen molar-refractivity contribution >= 4 is 5.97 Å². The lowest BCUT2D eigenvalue weighted by Gasteiger charge is -2.25. The Hall–Kier alpha value is -3.48. The molecule has 3 aromatic carbocycles. The molecule has 7 heteroatoms. The Morgan fingerprint density at radius 2 is 1.50 bits per heavy atom. The van der Waals surface area contributed by atoms with Crippen LogP contribution in [-0.2, 0) is 15.7 Å². The summed E-state index contributed by atoms with van der Waals surface area (Å²) in [5.74, 6) is -0.651. The van der Waals surface area contributed by atoms with Gasteiger partial charge in [0, 0.05) is 0 Å². The second-order valence-electron chi connectivity index (χ2n) is 8.28. The fraction of sp³-hybridized carbons (Fsp3) is 0.296. The van der Waals surface area contributed by atoms with Crippen LogP contribution in [0.2, 0.25) is 0 Å². The highest BCUT2D eigenvalue weighted by atomic mass is 19.4. The molecule has 0 spiro atoms. The van der Waals surface area contributed by atoms with Crippen LogP contribution in [0.5, 0.6) is 17.2 Å². The number of benzene rings is 3. The molecular formula is C27H27F3O4. The van der Waals surface area contributed by atoms with Crippen molar-refractivity contribution in [1.82, 2.24) is 0 Å². The number of ether oxygens (including phenoxy) is 3. The van der Waals surface area contributed by atoms with Gasteiger partial charge in [-0.25, -0.2) is 0 Å². The first kappa shape index (κ1) is 25.1. The summed E-state index contributed by atoms with van der Waals surface area (Å²) in [7, 11) is 2.71. The maximum absolute atomic E-state index is 14.5. The Morgan fingerprint density at radius 1 is 0.882 bits per heavy atom. The van der Waals surface area contributed by atoms with Crippen LogP contribution < -0.4 is 9.47 Å². The van der Waals surface area contributed by atoms with E-state index in [0.717, 1.165) is 0 Å². The Labute approximate surface area is 197 Å². The zero-order valence-corrected chi connectivity index (χ0v) is 19.5. The smallest absolute Gasteiger partial charge is 0.417 e. The van der Waals surface area contributed by atoms with E-state index in [1.807, 2.05) is 13.8 Å². The van der Waals surface area contributed by atoms with Gasteiger partial charge in [-0.1, -0.05) is 44.2 Å². The van der Waals surface area contributed by atoms with E-state index in [0.29, 0.717) is 17.1 Å². The summed E-state index contributed by atoms with van der Waals surface area (Å²) in [6, 6.07) is 17.6. The molecule has 0 radical (unpaired) electrons. The van der Waals surface area contributed by atoms with Crippen molar-refractivity contribution in [2.45, 2.75) is 32.4 Å². The summed E-state index contributed by atoms with van der Waals surface area (Å²) >= 11 is 0. The quantitative estimate of drug-likeness (QED) is 0.319. The topological polar surface area (TPSA) is 44.8 Å². The summed E-state index contributed by atoms with van der Waals surface area (Å²) < 4.78 is 59.5. The maximum atomic E-state index is 14.5. The Bertz CT molecular complexity index is 1110. The van der Waals surface area contributed by atoms with E-state index < -0.39 is 23.6 Å². The monoisotopic (exact) mass is 472 g/mol. The van der Waals surface area contributed by atoms with Crippen molar-refractivity contribution in [3.05, 3.63) is 77.9 Å². The first-order chi connectivity index (χ1) is 16.1. The zero-order valence-electron chi connectivity index (χ0n) is 19.5. The van der Waals surface area contributed by atoms with Gasteiger partial charge in [-0.15, -0.1) is 0 Å². The molecule has 0 saturated carbocycles. The lowest BCUT2D eigenvalue weighted by atomic mass is 9.83. The van der Waals surface area contributed by atoms with Gasteiger partial charge in [-0.3, -0.25) is 4.79 Å². The molecule has 0 saturated heterocycles. The third-order valence-corrected chi connectivity index (χ3v) is 5.37. The highest BCUT2D eigenvalue weighted by Crippen LogP contribution is 2.46. The lowest BCUT2D eigenvalue weighted by molar-refractivity contribution is -0.144. The molecule has 1 unspecified atom stereocenters. The number of carbonyl (C=O) groups is 1. The van der Waals surface area contributed by atoms with E-state index in [1.165, 1.54) is 26.4 Å². The van der Waals surface area contributed by atoms with Crippen molar-refractivity contribution in [3.63, 3.8) is 0 Å². The van der Waals surface area contributed by atoms with Crippen LogP contribution in [0.4, 0.5) is 13.2 Å². The molecule has 3 rings (SSSR count). The van der Waals surface area contributed by atoms with Crippen molar-refractivity contribution in [2.75, 3.05) is 14.2 Å². The number of carbonyl (C=O) groups excluding carboxylic acids is 1. The van der Waals surface area contributed by atoms with Crippen LogP contribution in [-0.4, -0.2) is 20.2 Å². The number of halogens is 3. The Morgan fingerprint density at radius 3 is 2.03 bits per heavy atom. The van der Waals surface area contributed by atoms with E-state index in [-0.39, 0.29) is 29.2 Å². The van der Waals surface area contributed by atoms with Crippen molar-refractivity contribution in [1.29, 1.82) is 0 Å².